The second kappa shape index (κ2) is 8.49. The SMILES string of the molecule is CC1(C)C[C@H]1c1cccnc1[C@@H](CC(=O)Cc1cccnc1)c1ccc(C(F)(F)F)cc1. The van der Waals surface area contributed by atoms with Crippen LogP contribution in [-0.2, 0) is 17.4 Å². The molecule has 1 aliphatic carbocycles. The first kappa shape index (κ1) is 22.2. The standard InChI is InChI=1S/C26H25F3N2O/c1-25(2)15-23(25)21-6-4-12-31-24(21)22(14-20(32)13-17-5-3-11-30-16-17)18-7-9-19(10-8-18)26(27,28)29/h3-12,16,22-23H,13-15H2,1-2H3/t22-,23-/m0/s1. The Morgan fingerprint density at radius 1 is 1.09 bits per heavy atom. The molecule has 2 aromatic heterocycles. The van der Waals surface area contributed by atoms with Crippen molar-refractivity contribution in [3.8, 4) is 0 Å². The van der Waals surface area contributed by atoms with Gasteiger partial charge in [0, 0.05) is 37.4 Å². The maximum Gasteiger partial charge on any atom is 0.416 e. The highest BCUT2D eigenvalue weighted by atomic mass is 19.4. The van der Waals surface area contributed by atoms with E-state index in [2.05, 4.69) is 23.8 Å². The third-order valence-electron chi connectivity index (χ3n) is 6.29. The van der Waals surface area contributed by atoms with Gasteiger partial charge in [0.2, 0.25) is 0 Å². The zero-order valence-corrected chi connectivity index (χ0v) is 18.1. The summed E-state index contributed by atoms with van der Waals surface area (Å²) in [5, 5.41) is 0. The topological polar surface area (TPSA) is 42.9 Å². The van der Waals surface area contributed by atoms with E-state index in [0.717, 1.165) is 35.4 Å². The van der Waals surface area contributed by atoms with Gasteiger partial charge in [-0.25, -0.2) is 0 Å². The summed E-state index contributed by atoms with van der Waals surface area (Å²) in [6, 6.07) is 12.6. The zero-order chi connectivity index (χ0) is 22.9. The minimum absolute atomic E-state index is 0.00504. The Balaban J connectivity index is 1.68. The van der Waals surface area contributed by atoms with Crippen LogP contribution in [0.2, 0.25) is 0 Å². The molecule has 1 aliphatic rings. The molecule has 0 aliphatic heterocycles. The van der Waals surface area contributed by atoms with Crippen LogP contribution in [0.1, 0.15) is 66.5 Å². The molecule has 4 rings (SSSR count). The van der Waals surface area contributed by atoms with Gasteiger partial charge in [0.25, 0.3) is 0 Å². The normalized spacial score (nSPS) is 18.2. The Bertz CT molecular complexity index is 1090. The number of alkyl halides is 3. The molecule has 166 valence electrons. The lowest BCUT2D eigenvalue weighted by atomic mass is 9.85. The number of benzene rings is 1. The summed E-state index contributed by atoms with van der Waals surface area (Å²) in [6.45, 7) is 4.38. The lowest BCUT2D eigenvalue weighted by molar-refractivity contribution is -0.137. The number of aromatic nitrogens is 2. The number of halogens is 3. The van der Waals surface area contributed by atoms with Crippen LogP contribution in [0, 0.1) is 5.41 Å². The fourth-order valence-corrected chi connectivity index (χ4v) is 4.32. The lowest BCUT2D eigenvalue weighted by Crippen LogP contribution is -2.15. The van der Waals surface area contributed by atoms with E-state index >= 15 is 0 Å². The van der Waals surface area contributed by atoms with Crippen molar-refractivity contribution in [3.05, 3.63) is 95.1 Å². The number of hydrogen-bond acceptors (Lipinski definition) is 3. The number of carbonyl (C=O) groups is 1. The van der Waals surface area contributed by atoms with Crippen LogP contribution in [0.5, 0.6) is 0 Å². The van der Waals surface area contributed by atoms with Gasteiger partial charge < -0.3 is 0 Å². The van der Waals surface area contributed by atoms with Gasteiger partial charge in [-0.1, -0.05) is 38.1 Å². The van der Waals surface area contributed by atoms with E-state index in [0.29, 0.717) is 11.5 Å². The van der Waals surface area contributed by atoms with Crippen molar-refractivity contribution in [2.75, 3.05) is 0 Å². The molecule has 1 aromatic carbocycles. The monoisotopic (exact) mass is 438 g/mol. The molecule has 0 amide bonds. The Morgan fingerprint density at radius 2 is 1.78 bits per heavy atom. The Kier molecular flexibility index (Phi) is 5.89. The van der Waals surface area contributed by atoms with Gasteiger partial charge in [-0.15, -0.1) is 0 Å². The molecule has 0 spiro atoms. The largest absolute Gasteiger partial charge is 0.416 e. The number of pyridine rings is 2. The fraction of sp³-hybridized carbons (Fsp3) is 0.346. The molecule has 3 nitrogen and oxygen atoms in total. The van der Waals surface area contributed by atoms with E-state index in [-0.39, 0.29) is 24.0 Å². The smallest absolute Gasteiger partial charge is 0.299 e. The quantitative estimate of drug-likeness (QED) is 0.432. The summed E-state index contributed by atoms with van der Waals surface area (Å²) in [4.78, 5) is 21.7. The van der Waals surface area contributed by atoms with Crippen molar-refractivity contribution < 1.29 is 18.0 Å². The van der Waals surface area contributed by atoms with Crippen molar-refractivity contribution in [1.82, 2.24) is 9.97 Å². The van der Waals surface area contributed by atoms with E-state index in [1.54, 1.807) is 24.7 Å². The van der Waals surface area contributed by atoms with Gasteiger partial charge in [-0.05, 0) is 58.7 Å². The van der Waals surface area contributed by atoms with Crippen molar-refractivity contribution in [1.29, 1.82) is 0 Å². The lowest BCUT2D eigenvalue weighted by Gasteiger charge is -2.21. The highest BCUT2D eigenvalue weighted by Gasteiger charge is 2.48. The minimum atomic E-state index is -4.40. The summed E-state index contributed by atoms with van der Waals surface area (Å²) in [5.74, 6) is -0.0832. The van der Waals surface area contributed by atoms with Gasteiger partial charge in [0.15, 0.2) is 0 Å². The van der Waals surface area contributed by atoms with Crippen LogP contribution >= 0.6 is 0 Å². The zero-order valence-electron chi connectivity index (χ0n) is 18.1. The van der Waals surface area contributed by atoms with Crippen LogP contribution < -0.4 is 0 Å². The fourth-order valence-electron chi connectivity index (χ4n) is 4.32. The van der Waals surface area contributed by atoms with E-state index in [9.17, 15) is 18.0 Å². The number of rotatable bonds is 7. The molecule has 3 aromatic rings. The van der Waals surface area contributed by atoms with Crippen LogP contribution in [0.25, 0.3) is 0 Å². The van der Waals surface area contributed by atoms with E-state index < -0.39 is 17.7 Å². The first-order valence-electron chi connectivity index (χ1n) is 10.7. The van der Waals surface area contributed by atoms with E-state index in [1.807, 2.05) is 18.2 Å². The molecule has 32 heavy (non-hydrogen) atoms. The summed E-state index contributed by atoms with van der Waals surface area (Å²) in [5.41, 5.74) is 2.79. The van der Waals surface area contributed by atoms with E-state index in [1.165, 1.54) is 12.1 Å². The Morgan fingerprint density at radius 3 is 2.38 bits per heavy atom. The van der Waals surface area contributed by atoms with Gasteiger partial charge >= 0.3 is 6.18 Å². The number of ketones is 1. The second-order valence-corrected chi connectivity index (χ2v) is 9.18. The predicted molar refractivity (Wildman–Crippen MR) is 116 cm³/mol. The average molecular weight is 438 g/mol. The summed E-state index contributed by atoms with van der Waals surface area (Å²) >= 11 is 0. The van der Waals surface area contributed by atoms with Gasteiger partial charge in [-0.3, -0.25) is 14.8 Å². The van der Waals surface area contributed by atoms with Crippen LogP contribution in [0.3, 0.4) is 0 Å². The van der Waals surface area contributed by atoms with Crippen molar-refractivity contribution in [3.63, 3.8) is 0 Å². The molecule has 0 N–H and O–H groups in total. The minimum Gasteiger partial charge on any atom is -0.299 e. The molecule has 0 radical (unpaired) electrons. The second-order valence-electron chi connectivity index (χ2n) is 9.18. The van der Waals surface area contributed by atoms with E-state index in [4.69, 9.17) is 0 Å². The molecule has 2 atom stereocenters. The molecule has 2 heterocycles. The van der Waals surface area contributed by atoms with Gasteiger partial charge in [0.05, 0.1) is 11.3 Å². The number of hydrogen-bond donors (Lipinski definition) is 0. The van der Waals surface area contributed by atoms with Crippen molar-refractivity contribution in [2.24, 2.45) is 5.41 Å². The Hall–Kier alpha value is -3.02. The Labute approximate surface area is 185 Å². The highest BCUT2D eigenvalue weighted by Crippen LogP contribution is 2.59. The molecule has 6 heteroatoms. The molecule has 0 bridgehead atoms. The third-order valence-corrected chi connectivity index (χ3v) is 6.29. The van der Waals surface area contributed by atoms with Crippen molar-refractivity contribution in [2.45, 2.75) is 51.1 Å². The van der Waals surface area contributed by atoms with Crippen LogP contribution in [0.15, 0.2) is 67.1 Å². The number of Topliss-reactive ketones (excluding diaryl/α,β-unsaturated/α-hetero) is 1. The third kappa shape index (κ3) is 4.90. The van der Waals surface area contributed by atoms with Gasteiger partial charge in [0.1, 0.15) is 5.78 Å². The first-order valence-corrected chi connectivity index (χ1v) is 10.7. The summed E-state index contributed by atoms with van der Waals surface area (Å²) < 4.78 is 39.3. The maximum atomic E-state index is 13.1. The van der Waals surface area contributed by atoms with Crippen molar-refractivity contribution >= 4 is 5.78 Å². The van der Waals surface area contributed by atoms with Gasteiger partial charge in [-0.2, -0.15) is 13.2 Å². The molecule has 1 fully saturated rings. The van der Waals surface area contributed by atoms with Crippen LogP contribution in [-0.4, -0.2) is 15.8 Å². The number of nitrogens with zero attached hydrogens (tertiary/aromatic N) is 2. The molecular weight excluding hydrogens is 413 g/mol. The molecule has 1 saturated carbocycles. The number of carbonyl (C=O) groups excluding carboxylic acids is 1. The predicted octanol–water partition coefficient (Wildman–Crippen LogP) is 6.34. The molecule has 0 saturated heterocycles. The first-order chi connectivity index (χ1) is 15.1. The highest BCUT2D eigenvalue weighted by molar-refractivity contribution is 5.82. The summed E-state index contributed by atoms with van der Waals surface area (Å²) in [6.07, 6.45) is 2.00. The maximum absolute atomic E-state index is 13.1. The summed E-state index contributed by atoms with van der Waals surface area (Å²) in [7, 11) is 0. The molecular formula is C26H25F3N2O. The molecule has 0 unspecified atom stereocenters. The van der Waals surface area contributed by atoms with Crippen LogP contribution in [0.4, 0.5) is 13.2 Å². The average Bonchev–Trinajstić information content (AvgIpc) is 3.40.